The van der Waals surface area contributed by atoms with Crippen LogP contribution in [-0.2, 0) is 18.3 Å². The van der Waals surface area contributed by atoms with Crippen molar-refractivity contribution in [1.82, 2.24) is 25.0 Å². The van der Waals surface area contributed by atoms with Crippen LogP contribution in [0.1, 0.15) is 17.5 Å². The first kappa shape index (κ1) is 21.3. The Morgan fingerprint density at radius 3 is 2.60 bits per heavy atom. The molecule has 0 fully saturated rings. The van der Waals surface area contributed by atoms with Gasteiger partial charge >= 0.3 is 0 Å². The Labute approximate surface area is 164 Å². The van der Waals surface area contributed by atoms with E-state index in [1.165, 1.54) is 18.5 Å². The van der Waals surface area contributed by atoms with Gasteiger partial charge in [0.1, 0.15) is 18.0 Å². The van der Waals surface area contributed by atoms with E-state index in [2.05, 4.69) is 20.4 Å². The summed E-state index contributed by atoms with van der Waals surface area (Å²) in [6.45, 7) is 1.09. The molecule has 1 aromatic heterocycles. The second kappa shape index (κ2) is 10.3. The maximum Gasteiger partial charge on any atom is 0.193 e. The van der Waals surface area contributed by atoms with Crippen LogP contribution in [-0.4, -0.2) is 53.4 Å². The van der Waals surface area contributed by atoms with Crippen LogP contribution in [0.5, 0.6) is 0 Å². The summed E-state index contributed by atoms with van der Waals surface area (Å²) in [5, 5.41) is 7.32. The first-order chi connectivity index (χ1) is 11.5. The number of halogens is 2. The molecule has 2 rings (SSSR count). The Hall–Kier alpha value is -1.75. The smallest absolute Gasteiger partial charge is 0.193 e. The molecule has 1 heterocycles. The Kier molecular flexibility index (Phi) is 8.76. The average molecular weight is 462 g/mol. The third-order valence-electron chi connectivity index (χ3n) is 3.73. The van der Waals surface area contributed by atoms with E-state index in [9.17, 15) is 4.39 Å². The molecule has 7 nitrogen and oxygen atoms in total. The minimum absolute atomic E-state index is 0. The maximum atomic E-state index is 13.0. The minimum Gasteiger partial charge on any atom is -0.375 e. The van der Waals surface area contributed by atoms with Gasteiger partial charge in [0.05, 0.1) is 12.6 Å². The quantitative estimate of drug-likeness (QED) is 0.404. The van der Waals surface area contributed by atoms with Crippen LogP contribution in [0.3, 0.4) is 0 Å². The van der Waals surface area contributed by atoms with Crippen LogP contribution in [0.15, 0.2) is 35.6 Å². The topological polar surface area (TPSA) is 67.6 Å². The summed E-state index contributed by atoms with van der Waals surface area (Å²) in [5.41, 5.74) is 0.901. The first-order valence-electron chi connectivity index (χ1n) is 7.58. The van der Waals surface area contributed by atoms with Crippen LogP contribution in [0, 0.1) is 5.82 Å². The number of rotatable bonds is 6. The summed E-state index contributed by atoms with van der Waals surface area (Å²) in [7, 11) is 7.11. The van der Waals surface area contributed by atoms with Crippen molar-refractivity contribution in [3.05, 3.63) is 47.8 Å². The van der Waals surface area contributed by atoms with E-state index in [0.29, 0.717) is 19.0 Å². The molecule has 1 aromatic carbocycles. The van der Waals surface area contributed by atoms with E-state index in [0.717, 1.165) is 11.4 Å². The molecular weight excluding hydrogens is 438 g/mol. The van der Waals surface area contributed by atoms with Gasteiger partial charge in [-0.25, -0.2) is 9.37 Å². The number of aliphatic imine (C=N–C) groups is 1. The van der Waals surface area contributed by atoms with E-state index in [-0.39, 0.29) is 35.9 Å². The Bertz CT molecular complexity index is 676. The summed E-state index contributed by atoms with van der Waals surface area (Å²) in [6, 6.07) is 6.29. The third-order valence-corrected chi connectivity index (χ3v) is 3.73. The number of nitrogens with one attached hydrogen (secondary N) is 1. The minimum atomic E-state index is -0.263. The molecule has 0 saturated carbocycles. The number of methoxy groups -OCH3 is 1. The molecule has 0 aliphatic rings. The van der Waals surface area contributed by atoms with Crippen LogP contribution in [0.2, 0.25) is 0 Å². The molecule has 1 atom stereocenters. The second-order valence-corrected chi connectivity index (χ2v) is 5.36. The molecule has 138 valence electrons. The number of benzene rings is 1. The predicted molar refractivity (Wildman–Crippen MR) is 105 cm³/mol. The number of hydrogen-bond donors (Lipinski definition) is 1. The Balaban J connectivity index is 0.00000312. The fourth-order valence-electron chi connectivity index (χ4n) is 2.33. The number of nitrogens with zero attached hydrogens (tertiary/aromatic N) is 5. The van der Waals surface area contributed by atoms with Gasteiger partial charge in [-0.3, -0.25) is 9.67 Å². The summed E-state index contributed by atoms with van der Waals surface area (Å²) < 4.78 is 20.3. The van der Waals surface area contributed by atoms with Crippen LogP contribution in [0.4, 0.5) is 4.39 Å². The monoisotopic (exact) mass is 462 g/mol. The molecule has 0 amide bonds. The summed E-state index contributed by atoms with van der Waals surface area (Å²) in [5.74, 6) is 1.28. The number of guanidine groups is 1. The zero-order valence-corrected chi connectivity index (χ0v) is 17.1. The van der Waals surface area contributed by atoms with Gasteiger partial charge in [-0.15, -0.1) is 24.0 Å². The maximum absolute atomic E-state index is 13.0. The lowest BCUT2D eigenvalue weighted by molar-refractivity contribution is 0.106. The number of ether oxygens (including phenoxy) is 1. The highest BCUT2D eigenvalue weighted by Gasteiger charge is 2.14. The molecule has 9 heteroatoms. The van der Waals surface area contributed by atoms with Crippen molar-refractivity contribution in [1.29, 1.82) is 0 Å². The lowest BCUT2D eigenvalue weighted by Crippen LogP contribution is -2.41. The second-order valence-electron chi connectivity index (χ2n) is 5.36. The number of aromatic nitrogens is 3. The summed E-state index contributed by atoms with van der Waals surface area (Å²) in [4.78, 5) is 10.4. The van der Waals surface area contributed by atoms with E-state index in [1.54, 1.807) is 31.0 Å². The molecule has 2 aromatic rings. The van der Waals surface area contributed by atoms with Gasteiger partial charge in [-0.05, 0) is 17.7 Å². The molecule has 0 bridgehead atoms. The fraction of sp³-hybridized carbons (Fsp3) is 0.438. The standard InChI is InChI=1S/C16H23FN6O.HI/c1-18-16(22(2)10-15-20-11-21-23(15)3)19-9-14(24-4)12-5-7-13(17)8-6-12;/h5-8,11,14H,9-10H2,1-4H3,(H,18,19);1H. The van der Waals surface area contributed by atoms with E-state index >= 15 is 0 Å². The normalized spacial score (nSPS) is 12.4. The molecule has 0 spiro atoms. The van der Waals surface area contributed by atoms with E-state index in [4.69, 9.17) is 4.74 Å². The molecule has 0 radical (unpaired) electrons. The molecule has 1 unspecified atom stereocenters. The zero-order chi connectivity index (χ0) is 17.5. The van der Waals surface area contributed by atoms with Crippen molar-refractivity contribution < 1.29 is 9.13 Å². The molecule has 0 saturated heterocycles. The summed E-state index contributed by atoms with van der Waals surface area (Å²) in [6.07, 6.45) is 1.32. The van der Waals surface area contributed by atoms with Gasteiger partial charge in [0.15, 0.2) is 5.96 Å². The highest BCUT2D eigenvalue weighted by molar-refractivity contribution is 14.0. The largest absolute Gasteiger partial charge is 0.375 e. The number of hydrogen-bond acceptors (Lipinski definition) is 4. The van der Waals surface area contributed by atoms with Crippen molar-refractivity contribution >= 4 is 29.9 Å². The van der Waals surface area contributed by atoms with E-state index < -0.39 is 0 Å². The van der Waals surface area contributed by atoms with Gasteiger partial charge < -0.3 is 15.0 Å². The lowest BCUT2D eigenvalue weighted by Gasteiger charge is -2.24. The van der Waals surface area contributed by atoms with E-state index in [1.807, 2.05) is 19.0 Å². The van der Waals surface area contributed by atoms with Gasteiger partial charge in [-0.2, -0.15) is 5.10 Å². The van der Waals surface area contributed by atoms with Gasteiger partial charge in [0.25, 0.3) is 0 Å². The van der Waals surface area contributed by atoms with Crippen LogP contribution in [0.25, 0.3) is 0 Å². The summed E-state index contributed by atoms with van der Waals surface area (Å²) >= 11 is 0. The zero-order valence-electron chi connectivity index (χ0n) is 14.8. The molecule has 1 N–H and O–H groups in total. The predicted octanol–water partition coefficient (Wildman–Crippen LogP) is 1.97. The van der Waals surface area contributed by atoms with Crippen molar-refractivity contribution in [3.63, 3.8) is 0 Å². The van der Waals surface area contributed by atoms with Crippen molar-refractivity contribution in [2.75, 3.05) is 27.7 Å². The van der Waals surface area contributed by atoms with Gasteiger partial charge in [0.2, 0.25) is 0 Å². The number of aryl methyl sites for hydroxylation is 1. The average Bonchev–Trinajstić information content (AvgIpc) is 2.98. The van der Waals surface area contributed by atoms with Crippen molar-refractivity contribution in [3.8, 4) is 0 Å². The molecule has 0 aliphatic heterocycles. The highest BCUT2D eigenvalue weighted by atomic mass is 127. The van der Waals surface area contributed by atoms with Gasteiger partial charge in [-0.1, -0.05) is 12.1 Å². The molecule has 0 aliphatic carbocycles. The lowest BCUT2D eigenvalue weighted by atomic mass is 10.1. The molecular formula is C16H24FIN6O. The van der Waals surface area contributed by atoms with Crippen LogP contribution >= 0.6 is 24.0 Å². The van der Waals surface area contributed by atoms with Crippen LogP contribution < -0.4 is 5.32 Å². The first-order valence-corrected chi connectivity index (χ1v) is 7.58. The Morgan fingerprint density at radius 2 is 2.08 bits per heavy atom. The van der Waals surface area contributed by atoms with Gasteiger partial charge in [0, 0.05) is 34.8 Å². The van der Waals surface area contributed by atoms with Crippen molar-refractivity contribution in [2.24, 2.45) is 12.0 Å². The fourth-order valence-corrected chi connectivity index (χ4v) is 2.33. The van der Waals surface area contributed by atoms with Crippen molar-refractivity contribution in [2.45, 2.75) is 12.6 Å². The molecule has 25 heavy (non-hydrogen) atoms. The SMILES string of the molecule is CN=C(NCC(OC)c1ccc(F)cc1)N(C)Cc1ncnn1C.I. The Morgan fingerprint density at radius 1 is 1.40 bits per heavy atom. The third kappa shape index (κ3) is 5.92. The highest BCUT2D eigenvalue weighted by Crippen LogP contribution is 2.16.